The Morgan fingerprint density at radius 3 is 2.40 bits per heavy atom. The zero-order chi connectivity index (χ0) is 30.4. The zero-order valence-corrected chi connectivity index (χ0v) is 26.9. The summed E-state index contributed by atoms with van der Waals surface area (Å²) >= 11 is 3.32. The van der Waals surface area contributed by atoms with Crippen LogP contribution in [0.5, 0.6) is 17.2 Å². The van der Waals surface area contributed by atoms with Gasteiger partial charge in [0, 0.05) is 9.13 Å². The van der Waals surface area contributed by atoms with Crippen molar-refractivity contribution in [2.24, 2.45) is 4.99 Å². The van der Waals surface area contributed by atoms with Gasteiger partial charge in [0.05, 0.1) is 48.8 Å². The number of aromatic nitrogens is 1. The summed E-state index contributed by atoms with van der Waals surface area (Å²) in [5.41, 5.74) is 1.65. The number of esters is 2. The van der Waals surface area contributed by atoms with Crippen molar-refractivity contribution in [3.8, 4) is 17.2 Å². The fourth-order valence-corrected chi connectivity index (χ4v) is 6.15. The third-order valence-corrected chi connectivity index (χ3v) is 7.82. The Morgan fingerprint density at radius 1 is 1.05 bits per heavy atom. The Kier molecular flexibility index (Phi) is 10.4. The first-order valence-electron chi connectivity index (χ1n) is 13.3. The van der Waals surface area contributed by atoms with Crippen molar-refractivity contribution in [3.63, 3.8) is 0 Å². The average molecular weight is 707 g/mol. The van der Waals surface area contributed by atoms with E-state index in [1.165, 1.54) is 23.0 Å². The topological polar surface area (TPSA) is 115 Å². The molecule has 12 heteroatoms. The molecule has 1 atom stereocenters. The molecule has 10 nitrogen and oxygen atoms in total. The van der Waals surface area contributed by atoms with E-state index in [4.69, 9.17) is 23.7 Å². The molecule has 222 valence electrons. The third kappa shape index (κ3) is 6.70. The Bertz CT molecular complexity index is 1690. The van der Waals surface area contributed by atoms with Crippen molar-refractivity contribution < 1.29 is 33.3 Å². The van der Waals surface area contributed by atoms with Gasteiger partial charge in [0.1, 0.15) is 5.75 Å². The highest BCUT2D eigenvalue weighted by Crippen LogP contribution is 2.35. The van der Waals surface area contributed by atoms with Gasteiger partial charge in [-0.15, -0.1) is 0 Å². The van der Waals surface area contributed by atoms with Crippen molar-refractivity contribution in [3.05, 3.63) is 82.1 Å². The van der Waals surface area contributed by atoms with Crippen molar-refractivity contribution >= 4 is 51.9 Å². The van der Waals surface area contributed by atoms with Crippen LogP contribution in [-0.2, 0) is 19.1 Å². The standard InChI is InChI=1S/C30H31IN2O8S/c1-6-38-21-11-9-18(10-12-21)26-25(29(36)40-8-3)17(4)32-30-33(26)28(35)23(42-30)14-19-13-20(31)15-22(37-5)27(19)41-16-24(34)39-7-2/h9-15,26H,6-8,16H2,1-5H3/b23-14-/t26-/m0/s1. The Labute approximate surface area is 260 Å². The van der Waals surface area contributed by atoms with E-state index < -0.39 is 18.0 Å². The molecule has 1 aromatic heterocycles. The SMILES string of the molecule is CCOC(=O)COc1c(/C=c2\sc3n(c2=O)[C@@H](c2ccc(OCC)cc2)C(C(=O)OCC)=C(C)N=3)cc(I)cc1OC. The highest BCUT2D eigenvalue weighted by Gasteiger charge is 2.33. The van der Waals surface area contributed by atoms with Crippen LogP contribution in [0.1, 0.15) is 44.9 Å². The summed E-state index contributed by atoms with van der Waals surface area (Å²) in [7, 11) is 1.50. The van der Waals surface area contributed by atoms with Crippen LogP contribution >= 0.6 is 33.9 Å². The first kappa shape index (κ1) is 31.3. The summed E-state index contributed by atoms with van der Waals surface area (Å²) in [5, 5.41) is 0. The summed E-state index contributed by atoms with van der Waals surface area (Å²) in [6, 6.07) is 10.1. The summed E-state index contributed by atoms with van der Waals surface area (Å²) in [6.07, 6.45) is 1.67. The van der Waals surface area contributed by atoms with Gasteiger partial charge in [-0.2, -0.15) is 0 Å². The van der Waals surface area contributed by atoms with Gasteiger partial charge in [-0.25, -0.2) is 14.6 Å². The number of fused-ring (bicyclic) bond motifs is 1. The lowest BCUT2D eigenvalue weighted by atomic mass is 9.96. The number of hydrogen-bond donors (Lipinski definition) is 0. The Hall–Kier alpha value is -3.65. The molecule has 0 aliphatic carbocycles. The Balaban J connectivity index is 1.90. The number of carbonyl (C=O) groups is 2. The second-order valence-corrected chi connectivity index (χ2v) is 11.2. The fourth-order valence-electron chi connectivity index (χ4n) is 4.50. The highest BCUT2D eigenvalue weighted by atomic mass is 127. The molecule has 42 heavy (non-hydrogen) atoms. The van der Waals surface area contributed by atoms with E-state index in [1.54, 1.807) is 45.0 Å². The van der Waals surface area contributed by atoms with Crippen LogP contribution in [-0.4, -0.2) is 50.0 Å². The maximum atomic E-state index is 14.0. The van der Waals surface area contributed by atoms with Crippen LogP contribution in [0, 0.1) is 3.57 Å². The van der Waals surface area contributed by atoms with Gasteiger partial charge in [0.25, 0.3) is 5.56 Å². The van der Waals surface area contributed by atoms with Crippen molar-refractivity contribution in [1.82, 2.24) is 4.57 Å². The Morgan fingerprint density at radius 2 is 1.76 bits per heavy atom. The smallest absolute Gasteiger partial charge is 0.344 e. The molecular formula is C30H31IN2O8S. The number of ether oxygens (including phenoxy) is 5. The van der Waals surface area contributed by atoms with E-state index in [-0.39, 0.29) is 31.0 Å². The van der Waals surface area contributed by atoms with E-state index in [0.29, 0.717) is 50.0 Å². The van der Waals surface area contributed by atoms with E-state index in [9.17, 15) is 14.4 Å². The van der Waals surface area contributed by atoms with Gasteiger partial charge in [-0.05, 0) is 86.2 Å². The number of allylic oxidation sites excluding steroid dienone is 1. The molecule has 2 aromatic carbocycles. The van der Waals surface area contributed by atoms with Crippen LogP contribution < -0.4 is 29.1 Å². The molecule has 4 rings (SSSR count). The molecule has 0 spiro atoms. The van der Waals surface area contributed by atoms with Crippen LogP contribution in [0.3, 0.4) is 0 Å². The van der Waals surface area contributed by atoms with Crippen LogP contribution in [0.15, 0.2) is 57.5 Å². The molecule has 3 aromatic rings. The highest BCUT2D eigenvalue weighted by molar-refractivity contribution is 14.1. The van der Waals surface area contributed by atoms with E-state index in [0.717, 1.165) is 3.57 Å². The number of methoxy groups -OCH3 is 1. The second-order valence-electron chi connectivity index (χ2n) is 8.92. The molecular weight excluding hydrogens is 675 g/mol. The molecule has 1 aliphatic heterocycles. The number of carbonyl (C=O) groups excluding carboxylic acids is 2. The molecule has 0 amide bonds. The quantitative estimate of drug-likeness (QED) is 0.219. The molecule has 0 saturated carbocycles. The van der Waals surface area contributed by atoms with Gasteiger partial charge in [0.2, 0.25) is 0 Å². The molecule has 0 radical (unpaired) electrons. The number of hydrogen-bond acceptors (Lipinski definition) is 10. The monoisotopic (exact) mass is 706 g/mol. The largest absolute Gasteiger partial charge is 0.494 e. The van der Waals surface area contributed by atoms with Crippen molar-refractivity contribution in [2.75, 3.05) is 33.5 Å². The maximum absolute atomic E-state index is 14.0. The number of nitrogens with zero attached hydrogens (tertiary/aromatic N) is 2. The van der Waals surface area contributed by atoms with Crippen molar-refractivity contribution in [2.45, 2.75) is 33.7 Å². The van der Waals surface area contributed by atoms with Gasteiger partial charge in [-0.1, -0.05) is 23.5 Å². The molecule has 0 bridgehead atoms. The summed E-state index contributed by atoms with van der Waals surface area (Å²) in [6.45, 7) is 7.66. The summed E-state index contributed by atoms with van der Waals surface area (Å²) in [5.74, 6) is 0.306. The third-order valence-electron chi connectivity index (χ3n) is 6.22. The van der Waals surface area contributed by atoms with Crippen LogP contribution in [0.4, 0.5) is 0 Å². The summed E-state index contributed by atoms with van der Waals surface area (Å²) in [4.78, 5) is 44.3. The van der Waals surface area contributed by atoms with E-state index in [2.05, 4.69) is 27.6 Å². The maximum Gasteiger partial charge on any atom is 0.344 e. The molecule has 0 unspecified atom stereocenters. The lowest BCUT2D eigenvalue weighted by Crippen LogP contribution is -2.39. The second kappa shape index (κ2) is 14.0. The van der Waals surface area contributed by atoms with Gasteiger partial charge >= 0.3 is 11.9 Å². The van der Waals surface area contributed by atoms with E-state index >= 15 is 0 Å². The fraction of sp³-hybridized carbons (Fsp3) is 0.333. The lowest BCUT2D eigenvalue weighted by Gasteiger charge is -2.24. The van der Waals surface area contributed by atoms with Crippen LogP contribution in [0.25, 0.3) is 6.08 Å². The average Bonchev–Trinajstić information content (AvgIpc) is 3.26. The van der Waals surface area contributed by atoms with Gasteiger partial charge in [0.15, 0.2) is 22.9 Å². The minimum absolute atomic E-state index is 0.180. The number of thiazole rings is 1. The number of rotatable bonds is 11. The molecule has 0 saturated heterocycles. The first-order chi connectivity index (χ1) is 20.2. The molecule has 2 heterocycles. The first-order valence-corrected chi connectivity index (χ1v) is 15.2. The van der Waals surface area contributed by atoms with Crippen LogP contribution in [0.2, 0.25) is 0 Å². The van der Waals surface area contributed by atoms with Crippen molar-refractivity contribution in [1.29, 1.82) is 0 Å². The normalized spacial score (nSPS) is 14.6. The number of benzene rings is 2. The zero-order valence-electron chi connectivity index (χ0n) is 23.9. The number of halogens is 1. The predicted octanol–water partition coefficient (Wildman–Crippen LogP) is 3.75. The lowest BCUT2D eigenvalue weighted by molar-refractivity contribution is -0.145. The predicted molar refractivity (Wildman–Crippen MR) is 166 cm³/mol. The van der Waals surface area contributed by atoms with E-state index in [1.807, 2.05) is 25.1 Å². The van der Waals surface area contributed by atoms with Gasteiger partial charge in [-0.3, -0.25) is 9.36 Å². The van der Waals surface area contributed by atoms with Gasteiger partial charge < -0.3 is 23.7 Å². The molecule has 0 fully saturated rings. The summed E-state index contributed by atoms with van der Waals surface area (Å²) < 4.78 is 30.0. The minimum Gasteiger partial charge on any atom is -0.494 e. The molecule has 1 aliphatic rings. The minimum atomic E-state index is -0.761. The molecule has 0 N–H and O–H groups in total.